The molecule has 0 aliphatic rings. The summed E-state index contributed by atoms with van der Waals surface area (Å²) < 4.78 is 11.8. The van der Waals surface area contributed by atoms with Gasteiger partial charge in [-0.25, -0.2) is 4.98 Å². The number of methoxy groups -OCH3 is 1. The van der Waals surface area contributed by atoms with Crippen LogP contribution in [0.1, 0.15) is 11.9 Å². The second-order valence-corrected chi connectivity index (χ2v) is 3.41. The van der Waals surface area contributed by atoms with E-state index in [1.807, 2.05) is 7.05 Å². The van der Waals surface area contributed by atoms with E-state index in [-0.39, 0.29) is 0 Å². The maximum absolute atomic E-state index is 5.77. The molecule has 0 aliphatic heterocycles. The highest BCUT2D eigenvalue weighted by molar-refractivity contribution is 5.47. The van der Waals surface area contributed by atoms with Gasteiger partial charge in [-0.1, -0.05) is 5.16 Å². The molecule has 1 atom stereocenters. The quantitative estimate of drug-likeness (QED) is 0.791. The summed E-state index contributed by atoms with van der Waals surface area (Å²) in [7, 11) is 3.42. The maximum atomic E-state index is 5.77. The first kappa shape index (κ1) is 10.8. The second kappa shape index (κ2) is 4.42. The van der Waals surface area contributed by atoms with Crippen LogP contribution < -0.4 is 5.73 Å². The minimum atomic E-state index is -0.403. The van der Waals surface area contributed by atoms with E-state index < -0.39 is 6.04 Å². The van der Waals surface area contributed by atoms with Crippen molar-refractivity contribution in [1.82, 2.24) is 19.7 Å². The Morgan fingerprint density at radius 1 is 1.62 bits per heavy atom. The zero-order chi connectivity index (χ0) is 11.5. The fourth-order valence-electron chi connectivity index (χ4n) is 1.31. The Morgan fingerprint density at radius 3 is 3.06 bits per heavy atom. The molecule has 0 radical (unpaired) electrons. The van der Waals surface area contributed by atoms with Crippen LogP contribution in [-0.4, -0.2) is 33.4 Å². The van der Waals surface area contributed by atoms with Crippen LogP contribution in [-0.2, 0) is 11.8 Å². The van der Waals surface area contributed by atoms with Gasteiger partial charge in [0.1, 0.15) is 11.7 Å². The highest BCUT2D eigenvalue weighted by atomic mass is 16.5. The summed E-state index contributed by atoms with van der Waals surface area (Å²) in [5.74, 6) is 0.833. The van der Waals surface area contributed by atoms with E-state index in [1.165, 1.54) is 0 Å². The minimum Gasteiger partial charge on any atom is -0.383 e. The van der Waals surface area contributed by atoms with Crippen LogP contribution in [0.4, 0.5) is 0 Å². The fourth-order valence-corrected chi connectivity index (χ4v) is 1.31. The lowest BCUT2D eigenvalue weighted by atomic mass is 10.3. The number of hydrogen-bond donors (Lipinski definition) is 1. The number of ether oxygens (including phenoxy) is 1. The number of hydrogen-bond acceptors (Lipinski definition) is 6. The molecule has 2 aromatic heterocycles. The van der Waals surface area contributed by atoms with Crippen molar-refractivity contribution in [2.45, 2.75) is 6.04 Å². The Morgan fingerprint density at radius 2 is 2.44 bits per heavy atom. The maximum Gasteiger partial charge on any atom is 0.246 e. The van der Waals surface area contributed by atoms with Crippen LogP contribution >= 0.6 is 0 Å². The van der Waals surface area contributed by atoms with Crippen molar-refractivity contribution < 1.29 is 9.26 Å². The minimum absolute atomic E-state index is 0.340. The number of aryl methyl sites for hydroxylation is 1. The van der Waals surface area contributed by atoms with Crippen molar-refractivity contribution in [3.05, 3.63) is 18.4 Å². The molecule has 7 nitrogen and oxygen atoms in total. The molecule has 2 N–H and O–H groups in total. The van der Waals surface area contributed by atoms with E-state index in [9.17, 15) is 0 Å². The van der Waals surface area contributed by atoms with Crippen LogP contribution in [0.2, 0.25) is 0 Å². The van der Waals surface area contributed by atoms with Gasteiger partial charge in [0.2, 0.25) is 11.7 Å². The lowest BCUT2D eigenvalue weighted by Gasteiger charge is -2.02. The smallest absolute Gasteiger partial charge is 0.246 e. The van der Waals surface area contributed by atoms with Crippen LogP contribution in [0.15, 0.2) is 17.0 Å². The zero-order valence-electron chi connectivity index (χ0n) is 9.12. The lowest BCUT2D eigenvalue weighted by molar-refractivity contribution is 0.166. The summed E-state index contributed by atoms with van der Waals surface area (Å²) in [6, 6.07) is -0.403. The van der Waals surface area contributed by atoms with Crippen molar-refractivity contribution in [3.63, 3.8) is 0 Å². The van der Waals surface area contributed by atoms with Crippen molar-refractivity contribution in [2.75, 3.05) is 13.7 Å². The Hall–Kier alpha value is -1.73. The SMILES string of the molecule is COCC(N)c1nc(-c2cncn2C)no1. The first-order valence-corrected chi connectivity index (χ1v) is 4.77. The van der Waals surface area contributed by atoms with Crippen LogP contribution in [0, 0.1) is 0 Å². The monoisotopic (exact) mass is 223 g/mol. The van der Waals surface area contributed by atoms with Crippen molar-refractivity contribution >= 4 is 0 Å². The standard InChI is InChI=1S/C9H13N5O2/c1-14-5-11-3-7(14)8-12-9(16-13-8)6(10)4-15-2/h3,5-6H,4,10H2,1-2H3. The van der Waals surface area contributed by atoms with Gasteiger partial charge in [-0.3, -0.25) is 0 Å². The lowest BCUT2D eigenvalue weighted by Crippen LogP contribution is -2.16. The molecule has 0 amide bonds. The van der Waals surface area contributed by atoms with Crippen LogP contribution in [0.5, 0.6) is 0 Å². The van der Waals surface area contributed by atoms with Crippen molar-refractivity contribution in [3.8, 4) is 11.5 Å². The van der Waals surface area contributed by atoms with Crippen molar-refractivity contribution in [2.24, 2.45) is 12.8 Å². The largest absolute Gasteiger partial charge is 0.383 e. The van der Waals surface area contributed by atoms with E-state index in [4.69, 9.17) is 15.0 Å². The Bertz CT molecular complexity index is 464. The third-order valence-electron chi connectivity index (χ3n) is 2.15. The molecule has 0 spiro atoms. The first-order valence-electron chi connectivity index (χ1n) is 4.77. The van der Waals surface area contributed by atoms with Gasteiger partial charge >= 0.3 is 0 Å². The van der Waals surface area contributed by atoms with E-state index in [2.05, 4.69) is 15.1 Å². The van der Waals surface area contributed by atoms with Crippen molar-refractivity contribution in [1.29, 1.82) is 0 Å². The molecule has 0 bridgehead atoms. The van der Waals surface area contributed by atoms with Crippen LogP contribution in [0.25, 0.3) is 11.5 Å². The molecule has 2 rings (SSSR count). The predicted octanol–water partition coefficient (Wildman–Crippen LogP) is 0.116. The molecular formula is C9H13N5O2. The number of nitrogens with zero attached hydrogens (tertiary/aromatic N) is 4. The highest BCUT2D eigenvalue weighted by Crippen LogP contribution is 2.16. The third-order valence-corrected chi connectivity index (χ3v) is 2.15. The molecule has 0 fully saturated rings. The molecule has 0 saturated carbocycles. The molecule has 1 unspecified atom stereocenters. The van der Waals surface area contributed by atoms with Gasteiger partial charge in [0, 0.05) is 14.2 Å². The number of rotatable bonds is 4. The van der Waals surface area contributed by atoms with E-state index in [0.717, 1.165) is 5.69 Å². The van der Waals surface area contributed by atoms with Crippen LogP contribution in [0.3, 0.4) is 0 Å². The number of imidazole rings is 1. The van der Waals surface area contributed by atoms with Gasteiger partial charge in [-0.15, -0.1) is 0 Å². The summed E-state index contributed by atoms with van der Waals surface area (Å²) >= 11 is 0. The first-order chi connectivity index (χ1) is 7.72. The molecule has 86 valence electrons. The summed E-state index contributed by atoms with van der Waals surface area (Å²) in [4.78, 5) is 8.16. The van der Waals surface area contributed by atoms with Gasteiger partial charge in [0.05, 0.1) is 19.1 Å². The normalized spacial score (nSPS) is 12.9. The topological polar surface area (TPSA) is 92.0 Å². The molecule has 0 aromatic carbocycles. The van der Waals surface area contributed by atoms with Gasteiger partial charge in [0.25, 0.3) is 0 Å². The average molecular weight is 223 g/mol. The molecule has 0 saturated heterocycles. The van der Waals surface area contributed by atoms with E-state index >= 15 is 0 Å². The summed E-state index contributed by atoms with van der Waals surface area (Å²) in [5, 5.41) is 3.84. The number of aromatic nitrogens is 4. The molecule has 0 aliphatic carbocycles. The van der Waals surface area contributed by atoms with Gasteiger partial charge in [0.15, 0.2) is 0 Å². The molecule has 2 heterocycles. The van der Waals surface area contributed by atoms with Gasteiger partial charge < -0.3 is 19.6 Å². The average Bonchev–Trinajstić information content (AvgIpc) is 2.86. The Kier molecular flexibility index (Phi) is 2.97. The van der Waals surface area contributed by atoms with E-state index in [0.29, 0.717) is 18.3 Å². The molecule has 7 heteroatoms. The Balaban J connectivity index is 2.23. The highest BCUT2D eigenvalue weighted by Gasteiger charge is 2.16. The Labute approximate surface area is 92.2 Å². The summed E-state index contributed by atoms with van der Waals surface area (Å²) in [6.07, 6.45) is 3.33. The predicted molar refractivity (Wildman–Crippen MR) is 55.3 cm³/mol. The zero-order valence-corrected chi connectivity index (χ0v) is 9.12. The second-order valence-electron chi connectivity index (χ2n) is 3.41. The molecule has 16 heavy (non-hydrogen) atoms. The summed E-state index contributed by atoms with van der Waals surface area (Å²) in [5.41, 5.74) is 6.54. The van der Waals surface area contributed by atoms with Gasteiger partial charge in [-0.2, -0.15) is 4.98 Å². The number of nitrogens with two attached hydrogens (primary N) is 1. The van der Waals surface area contributed by atoms with Gasteiger partial charge in [-0.05, 0) is 0 Å². The third kappa shape index (κ3) is 1.95. The summed E-state index contributed by atoms with van der Waals surface area (Å²) in [6.45, 7) is 0.340. The van der Waals surface area contributed by atoms with E-state index in [1.54, 1.807) is 24.2 Å². The molecular weight excluding hydrogens is 210 g/mol. The molecule has 2 aromatic rings. The fraction of sp³-hybridized carbons (Fsp3) is 0.444.